The van der Waals surface area contributed by atoms with Gasteiger partial charge in [0, 0.05) is 5.92 Å². The molecule has 0 unspecified atom stereocenters. The van der Waals surface area contributed by atoms with Crippen LogP contribution >= 0.6 is 0 Å². The molecular formula is C24H28N4O2. The monoisotopic (exact) mass is 404 g/mol. The summed E-state index contributed by atoms with van der Waals surface area (Å²) in [4.78, 5) is 13.3. The molecule has 4 rings (SSSR count). The summed E-state index contributed by atoms with van der Waals surface area (Å²) in [6, 6.07) is 14.0. The Kier molecular flexibility index (Phi) is 5.86. The summed E-state index contributed by atoms with van der Waals surface area (Å²) < 4.78 is 7.36. The highest BCUT2D eigenvalue weighted by Crippen LogP contribution is 2.32. The summed E-state index contributed by atoms with van der Waals surface area (Å²) >= 11 is 0. The Bertz CT molecular complexity index is 1050. The van der Waals surface area contributed by atoms with Crippen LogP contribution in [0, 0.1) is 13.8 Å². The Morgan fingerprint density at radius 1 is 1.13 bits per heavy atom. The van der Waals surface area contributed by atoms with Crippen molar-refractivity contribution < 1.29 is 9.53 Å². The number of aryl methyl sites for hydroxylation is 2. The van der Waals surface area contributed by atoms with Crippen LogP contribution in [0.15, 0.2) is 48.7 Å². The second-order valence-corrected chi connectivity index (χ2v) is 7.88. The van der Waals surface area contributed by atoms with E-state index in [2.05, 4.69) is 34.8 Å². The third kappa shape index (κ3) is 4.09. The number of nitrogens with zero attached hydrogens (tertiary/aromatic N) is 2. The van der Waals surface area contributed by atoms with E-state index in [-0.39, 0.29) is 11.8 Å². The first-order chi connectivity index (χ1) is 14.6. The third-order valence-corrected chi connectivity index (χ3v) is 5.63. The highest BCUT2D eigenvalue weighted by molar-refractivity contribution is 6.06. The number of nitrogens with one attached hydrogen (secondary N) is 2. The molecule has 2 N–H and O–H groups in total. The predicted octanol–water partition coefficient (Wildman–Crippen LogP) is 4.22. The Hall–Kier alpha value is -3.12. The van der Waals surface area contributed by atoms with Gasteiger partial charge in [-0.25, -0.2) is 4.68 Å². The Labute approximate surface area is 177 Å². The molecule has 1 saturated heterocycles. The lowest BCUT2D eigenvalue weighted by Gasteiger charge is -2.25. The van der Waals surface area contributed by atoms with E-state index in [0.717, 1.165) is 48.4 Å². The van der Waals surface area contributed by atoms with Gasteiger partial charge in [-0.1, -0.05) is 18.2 Å². The van der Waals surface area contributed by atoms with Gasteiger partial charge in [0.05, 0.1) is 35.9 Å². The Morgan fingerprint density at radius 2 is 1.90 bits per heavy atom. The topological polar surface area (TPSA) is 68.2 Å². The molecule has 6 heteroatoms. The largest absolute Gasteiger partial charge is 0.495 e. The van der Waals surface area contributed by atoms with Gasteiger partial charge in [0.25, 0.3) is 5.91 Å². The lowest BCUT2D eigenvalue weighted by molar-refractivity contribution is 0.102. The minimum Gasteiger partial charge on any atom is -0.495 e. The molecule has 0 saturated carbocycles. The van der Waals surface area contributed by atoms with Crippen molar-refractivity contribution in [2.24, 2.45) is 0 Å². The van der Waals surface area contributed by atoms with Gasteiger partial charge in [0.2, 0.25) is 0 Å². The summed E-state index contributed by atoms with van der Waals surface area (Å²) in [7, 11) is 1.61. The average Bonchev–Trinajstić information content (AvgIpc) is 3.20. The van der Waals surface area contributed by atoms with Crippen molar-refractivity contribution in [1.29, 1.82) is 0 Å². The van der Waals surface area contributed by atoms with E-state index in [1.54, 1.807) is 13.3 Å². The Morgan fingerprint density at radius 3 is 2.63 bits per heavy atom. The fraction of sp³-hybridized carbons (Fsp3) is 0.333. The highest BCUT2D eigenvalue weighted by atomic mass is 16.5. The van der Waals surface area contributed by atoms with Crippen molar-refractivity contribution in [2.45, 2.75) is 32.6 Å². The number of hydrogen-bond acceptors (Lipinski definition) is 4. The van der Waals surface area contributed by atoms with E-state index < -0.39 is 0 Å². The minimum atomic E-state index is -0.161. The highest BCUT2D eigenvalue weighted by Gasteiger charge is 2.27. The third-order valence-electron chi connectivity index (χ3n) is 5.63. The number of piperidine rings is 1. The van der Waals surface area contributed by atoms with Crippen LogP contribution in [0.3, 0.4) is 0 Å². The molecule has 0 radical (unpaired) electrons. The normalized spacial score (nSPS) is 14.5. The lowest BCUT2D eigenvalue weighted by Crippen LogP contribution is -2.29. The van der Waals surface area contributed by atoms with Crippen molar-refractivity contribution in [3.63, 3.8) is 0 Å². The van der Waals surface area contributed by atoms with Crippen molar-refractivity contribution in [3.05, 3.63) is 71.0 Å². The van der Waals surface area contributed by atoms with Gasteiger partial charge in [0.1, 0.15) is 5.75 Å². The molecule has 0 atom stereocenters. The SMILES string of the molecule is COc1ccc(C)cc1NC(=O)c1cnn(-c2cccc(C)c2)c1C1CCNCC1. The zero-order valence-electron chi connectivity index (χ0n) is 17.7. The number of rotatable bonds is 5. The molecule has 1 aliphatic rings. The molecule has 2 heterocycles. The van der Waals surface area contributed by atoms with Crippen molar-refractivity contribution in [1.82, 2.24) is 15.1 Å². The quantitative estimate of drug-likeness (QED) is 0.668. The molecule has 2 aromatic carbocycles. The smallest absolute Gasteiger partial charge is 0.259 e. The van der Waals surface area contributed by atoms with Crippen LogP contribution in [0.5, 0.6) is 5.75 Å². The van der Waals surface area contributed by atoms with Gasteiger partial charge in [-0.2, -0.15) is 5.10 Å². The maximum Gasteiger partial charge on any atom is 0.259 e. The fourth-order valence-electron chi connectivity index (χ4n) is 4.10. The summed E-state index contributed by atoms with van der Waals surface area (Å²) in [5, 5.41) is 11.1. The maximum atomic E-state index is 13.3. The molecular weight excluding hydrogens is 376 g/mol. The van der Waals surface area contributed by atoms with E-state index in [4.69, 9.17) is 4.74 Å². The standard InChI is InChI=1S/C24H28N4O2/c1-16-5-4-6-19(13-16)28-23(18-9-11-25-12-10-18)20(15-26-28)24(29)27-21-14-17(2)7-8-22(21)30-3/h4-8,13-15,18,25H,9-12H2,1-3H3,(H,27,29). The van der Waals surface area contributed by atoms with E-state index in [1.807, 2.05) is 41.9 Å². The Balaban J connectivity index is 1.74. The van der Waals surface area contributed by atoms with Crippen molar-refractivity contribution in [2.75, 3.05) is 25.5 Å². The molecule has 0 spiro atoms. The van der Waals surface area contributed by atoms with Crippen LogP contribution in [-0.2, 0) is 0 Å². The molecule has 156 valence electrons. The van der Waals surface area contributed by atoms with Gasteiger partial charge < -0.3 is 15.4 Å². The summed E-state index contributed by atoms with van der Waals surface area (Å²) in [6.07, 6.45) is 3.65. The number of anilines is 1. The molecule has 1 amide bonds. The predicted molar refractivity (Wildman–Crippen MR) is 119 cm³/mol. The second-order valence-electron chi connectivity index (χ2n) is 7.88. The molecule has 1 aliphatic heterocycles. The molecule has 0 aliphatic carbocycles. The van der Waals surface area contributed by atoms with E-state index >= 15 is 0 Å². The number of carbonyl (C=O) groups excluding carboxylic acids is 1. The van der Waals surface area contributed by atoms with Crippen LogP contribution in [0.1, 0.15) is 45.9 Å². The van der Waals surface area contributed by atoms with Gasteiger partial charge in [0.15, 0.2) is 0 Å². The number of carbonyl (C=O) groups is 1. The minimum absolute atomic E-state index is 0.161. The molecule has 1 fully saturated rings. The number of benzene rings is 2. The van der Waals surface area contributed by atoms with Crippen LogP contribution in [0.25, 0.3) is 5.69 Å². The zero-order chi connectivity index (χ0) is 21.1. The summed E-state index contributed by atoms with van der Waals surface area (Å²) in [6.45, 7) is 5.94. The van der Waals surface area contributed by atoms with Crippen LogP contribution in [0.2, 0.25) is 0 Å². The molecule has 6 nitrogen and oxygen atoms in total. The molecule has 1 aromatic heterocycles. The zero-order valence-corrected chi connectivity index (χ0v) is 17.7. The average molecular weight is 405 g/mol. The molecule has 30 heavy (non-hydrogen) atoms. The van der Waals surface area contributed by atoms with Crippen molar-refractivity contribution >= 4 is 11.6 Å². The number of amides is 1. The van der Waals surface area contributed by atoms with E-state index in [1.165, 1.54) is 0 Å². The number of hydrogen-bond donors (Lipinski definition) is 2. The lowest BCUT2D eigenvalue weighted by atomic mass is 9.91. The summed E-state index contributed by atoms with van der Waals surface area (Å²) in [5.74, 6) is 0.754. The number of ether oxygens (including phenoxy) is 1. The van der Waals surface area contributed by atoms with Crippen LogP contribution in [0.4, 0.5) is 5.69 Å². The van der Waals surface area contributed by atoms with Gasteiger partial charge in [-0.3, -0.25) is 4.79 Å². The first-order valence-electron chi connectivity index (χ1n) is 10.4. The van der Waals surface area contributed by atoms with Crippen molar-refractivity contribution in [3.8, 4) is 11.4 Å². The number of methoxy groups -OCH3 is 1. The van der Waals surface area contributed by atoms with E-state index in [9.17, 15) is 4.79 Å². The first kappa shape index (κ1) is 20.2. The van der Waals surface area contributed by atoms with Crippen LogP contribution in [-0.4, -0.2) is 35.9 Å². The fourth-order valence-corrected chi connectivity index (χ4v) is 4.10. The second kappa shape index (κ2) is 8.71. The van der Waals surface area contributed by atoms with E-state index in [0.29, 0.717) is 17.0 Å². The van der Waals surface area contributed by atoms with Crippen LogP contribution < -0.4 is 15.4 Å². The van der Waals surface area contributed by atoms with Gasteiger partial charge in [-0.05, 0) is 75.2 Å². The number of aromatic nitrogens is 2. The van der Waals surface area contributed by atoms with Gasteiger partial charge in [-0.15, -0.1) is 0 Å². The molecule has 3 aromatic rings. The summed E-state index contributed by atoms with van der Waals surface area (Å²) in [5.41, 5.74) is 5.46. The maximum absolute atomic E-state index is 13.3. The molecule has 0 bridgehead atoms. The first-order valence-corrected chi connectivity index (χ1v) is 10.4. The van der Waals surface area contributed by atoms with Gasteiger partial charge >= 0.3 is 0 Å².